The highest BCUT2D eigenvalue weighted by Crippen LogP contribution is 2.31. The van der Waals surface area contributed by atoms with Gasteiger partial charge in [-0.15, -0.1) is 0 Å². The number of aryl methyl sites for hydroxylation is 2. The van der Waals surface area contributed by atoms with Gasteiger partial charge in [0.25, 0.3) is 0 Å². The molecule has 1 aliphatic rings. The molecule has 0 radical (unpaired) electrons. The lowest BCUT2D eigenvalue weighted by Crippen LogP contribution is -2.37. The fraction of sp³-hybridized carbons (Fsp3) is 0.500. The number of H-pyrrole nitrogens is 1. The van der Waals surface area contributed by atoms with Crippen molar-refractivity contribution in [2.75, 3.05) is 6.54 Å². The fourth-order valence-corrected chi connectivity index (χ4v) is 3.04. The van der Waals surface area contributed by atoms with Crippen molar-refractivity contribution in [2.24, 2.45) is 0 Å². The van der Waals surface area contributed by atoms with Crippen LogP contribution in [-0.2, 0) is 4.79 Å². The number of amides is 1. The van der Waals surface area contributed by atoms with Crippen LogP contribution >= 0.6 is 0 Å². The molecule has 1 N–H and O–H groups in total. The minimum Gasteiger partial charge on any atom is -0.341 e. The lowest BCUT2D eigenvalue weighted by molar-refractivity contribution is -0.132. The van der Waals surface area contributed by atoms with E-state index in [0.717, 1.165) is 48.7 Å². The van der Waals surface area contributed by atoms with Gasteiger partial charge < -0.3 is 9.88 Å². The second kappa shape index (κ2) is 5.87. The molecule has 3 heterocycles. The van der Waals surface area contributed by atoms with Crippen LogP contribution in [0.2, 0.25) is 0 Å². The highest BCUT2D eigenvalue weighted by Gasteiger charge is 2.27. The van der Waals surface area contributed by atoms with Gasteiger partial charge in [-0.1, -0.05) is 0 Å². The second-order valence-electron chi connectivity index (χ2n) is 5.86. The Bertz CT molecular complexity index is 694. The summed E-state index contributed by atoms with van der Waals surface area (Å²) in [5, 5.41) is 0. The molecule has 116 valence electrons. The van der Waals surface area contributed by atoms with E-state index in [2.05, 4.69) is 19.9 Å². The Morgan fingerprint density at radius 1 is 1.32 bits per heavy atom. The third kappa shape index (κ3) is 2.86. The van der Waals surface area contributed by atoms with Gasteiger partial charge in [0, 0.05) is 25.4 Å². The van der Waals surface area contributed by atoms with Gasteiger partial charge in [-0.25, -0.2) is 15.0 Å². The van der Waals surface area contributed by atoms with Crippen molar-refractivity contribution < 1.29 is 4.79 Å². The highest BCUT2D eigenvalue weighted by molar-refractivity contribution is 5.74. The molecule has 0 spiro atoms. The molecule has 1 saturated heterocycles. The Labute approximate surface area is 130 Å². The van der Waals surface area contributed by atoms with Crippen molar-refractivity contribution in [3.8, 4) is 11.5 Å². The van der Waals surface area contributed by atoms with Crippen LogP contribution in [0.5, 0.6) is 0 Å². The maximum atomic E-state index is 11.9. The predicted molar refractivity (Wildman–Crippen MR) is 83.1 cm³/mol. The molecule has 22 heavy (non-hydrogen) atoms. The average molecular weight is 299 g/mol. The van der Waals surface area contributed by atoms with E-state index >= 15 is 0 Å². The highest BCUT2D eigenvalue weighted by atomic mass is 16.2. The molecule has 0 aromatic carbocycles. The Kier molecular flexibility index (Phi) is 3.92. The summed E-state index contributed by atoms with van der Waals surface area (Å²) in [6.07, 6.45) is 4.92. The quantitative estimate of drug-likeness (QED) is 0.924. The molecule has 2 aromatic heterocycles. The molecule has 2 aromatic rings. The molecule has 0 unspecified atom stereocenters. The Morgan fingerprint density at radius 3 is 2.82 bits per heavy atom. The summed E-state index contributed by atoms with van der Waals surface area (Å²) < 4.78 is 0. The number of carbonyl (C=O) groups excluding carboxylic acids is 1. The summed E-state index contributed by atoms with van der Waals surface area (Å²) in [4.78, 5) is 30.4. The molecular weight excluding hydrogens is 278 g/mol. The van der Waals surface area contributed by atoms with Crippen molar-refractivity contribution in [3.63, 3.8) is 0 Å². The first kappa shape index (κ1) is 14.7. The smallest absolute Gasteiger partial charge is 0.220 e. The van der Waals surface area contributed by atoms with Crippen LogP contribution in [0.4, 0.5) is 0 Å². The van der Waals surface area contributed by atoms with Crippen LogP contribution < -0.4 is 0 Å². The third-order valence-electron chi connectivity index (χ3n) is 4.05. The van der Waals surface area contributed by atoms with Crippen LogP contribution in [0.25, 0.3) is 11.5 Å². The molecule has 1 amide bonds. The Balaban J connectivity index is 1.99. The first-order valence-corrected chi connectivity index (χ1v) is 7.69. The lowest BCUT2D eigenvalue weighted by atomic mass is 9.98. The van der Waals surface area contributed by atoms with Gasteiger partial charge in [0.1, 0.15) is 11.5 Å². The van der Waals surface area contributed by atoms with E-state index < -0.39 is 0 Å². The van der Waals surface area contributed by atoms with Crippen LogP contribution in [0, 0.1) is 13.8 Å². The average Bonchev–Trinajstić information content (AvgIpc) is 2.93. The zero-order valence-corrected chi connectivity index (χ0v) is 13.3. The topological polar surface area (TPSA) is 74.8 Å². The normalized spacial score (nSPS) is 18.5. The molecule has 6 heteroatoms. The summed E-state index contributed by atoms with van der Waals surface area (Å²) in [5.74, 6) is 1.56. The van der Waals surface area contributed by atoms with E-state index in [4.69, 9.17) is 0 Å². The lowest BCUT2D eigenvalue weighted by Gasteiger charge is -2.34. The Morgan fingerprint density at radius 2 is 2.14 bits per heavy atom. The standard InChI is InChI=1S/C16H21N5O/c1-10-9-17-16(18-10)14-8-13(19-11(2)20-14)15-6-4-5-7-21(15)12(3)22/h8-9,15H,4-7H2,1-3H3,(H,17,18)/t15-/m0/s1. The van der Waals surface area contributed by atoms with E-state index in [1.807, 2.05) is 24.8 Å². The predicted octanol–water partition coefficient (Wildman–Crippen LogP) is 2.56. The number of rotatable bonds is 2. The molecule has 1 atom stereocenters. The maximum absolute atomic E-state index is 11.9. The zero-order valence-electron chi connectivity index (χ0n) is 13.3. The molecule has 0 aliphatic carbocycles. The summed E-state index contributed by atoms with van der Waals surface area (Å²) in [6, 6.07) is 2.00. The van der Waals surface area contributed by atoms with Gasteiger partial charge in [0.05, 0.1) is 11.7 Å². The van der Waals surface area contributed by atoms with Crippen molar-refractivity contribution in [1.82, 2.24) is 24.8 Å². The largest absolute Gasteiger partial charge is 0.341 e. The van der Waals surface area contributed by atoms with E-state index in [9.17, 15) is 4.79 Å². The zero-order chi connectivity index (χ0) is 15.7. The third-order valence-corrected chi connectivity index (χ3v) is 4.05. The van der Waals surface area contributed by atoms with Crippen molar-refractivity contribution in [3.05, 3.63) is 29.5 Å². The van der Waals surface area contributed by atoms with Crippen molar-refractivity contribution in [2.45, 2.75) is 46.1 Å². The van der Waals surface area contributed by atoms with E-state index in [-0.39, 0.29) is 11.9 Å². The van der Waals surface area contributed by atoms with Gasteiger partial charge in [0.2, 0.25) is 5.91 Å². The second-order valence-corrected chi connectivity index (χ2v) is 5.86. The summed E-state index contributed by atoms with van der Waals surface area (Å²) in [5.41, 5.74) is 2.69. The molecule has 1 fully saturated rings. The first-order chi connectivity index (χ1) is 10.5. The number of piperidine rings is 1. The van der Waals surface area contributed by atoms with Crippen LogP contribution in [0.3, 0.4) is 0 Å². The van der Waals surface area contributed by atoms with Crippen LogP contribution in [0.1, 0.15) is 49.4 Å². The SMILES string of the molecule is CC(=O)N1CCCC[C@H]1c1cc(-c2ncc(C)[nH]2)nc(C)n1. The number of aromatic nitrogens is 4. The van der Waals surface area contributed by atoms with Crippen molar-refractivity contribution >= 4 is 5.91 Å². The van der Waals surface area contributed by atoms with Gasteiger partial charge >= 0.3 is 0 Å². The van der Waals surface area contributed by atoms with E-state index in [1.165, 1.54) is 0 Å². The number of carbonyl (C=O) groups is 1. The Hall–Kier alpha value is -2.24. The van der Waals surface area contributed by atoms with E-state index in [0.29, 0.717) is 5.82 Å². The number of nitrogens with one attached hydrogen (secondary N) is 1. The molecule has 0 saturated carbocycles. The monoisotopic (exact) mass is 299 g/mol. The number of likely N-dealkylation sites (tertiary alicyclic amines) is 1. The minimum absolute atomic E-state index is 0.0442. The summed E-state index contributed by atoms with van der Waals surface area (Å²) in [6.45, 7) is 6.27. The summed E-state index contributed by atoms with van der Waals surface area (Å²) in [7, 11) is 0. The fourth-order valence-electron chi connectivity index (χ4n) is 3.04. The summed E-state index contributed by atoms with van der Waals surface area (Å²) >= 11 is 0. The molecule has 6 nitrogen and oxygen atoms in total. The van der Waals surface area contributed by atoms with Gasteiger partial charge in [0.15, 0.2) is 5.82 Å². The van der Waals surface area contributed by atoms with Crippen LogP contribution in [-0.4, -0.2) is 37.3 Å². The number of nitrogens with zero attached hydrogens (tertiary/aromatic N) is 4. The van der Waals surface area contributed by atoms with E-state index in [1.54, 1.807) is 13.1 Å². The number of hydrogen-bond acceptors (Lipinski definition) is 4. The molecular formula is C16H21N5O. The number of imidazole rings is 1. The first-order valence-electron chi connectivity index (χ1n) is 7.69. The van der Waals surface area contributed by atoms with Gasteiger partial charge in [-0.3, -0.25) is 4.79 Å². The van der Waals surface area contributed by atoms with Gasteiger partial charge in [-0.2, -0.15) is 0 Å². The minimum atomic E-state index is 0.0442. The van der Waals surface area contributed by atoms with Crippen LogP contribution in [0.15, 0.2) is 12.3 Å². The molecule has 3 rings (SSSR count). The van der Waals surface area contributed by atoms with Gasteiger partial charge in [-0.05, 0) is 39.2 Å². The maximum Gasteiger partial charge on any atom is 0.220 e. The molecule has 1 aliphatic heterocycles. The molecule has 0 bridgehead atoms. The van der Waals surface area contributed by atoms with Crippen molar-refractivity contribution in [1.29, 1.82) is 0 Å². The number of aromatic amines is 1. The number of hydrogen-bond donors (Lipinski definition) is 1.